The van der Waals surface area contributed by atoms with Gasteiger partial charge in [-0.2, -0.15) is 0 Å². The maximum Gasteiger partial charge on any atom is 0.302 e. The third-order valence-corrected chi connectivity index (χ3v) is 3.99. The average molecular weight is 334 g/mol. The van der Waals surface area contributed by atoms with Crippen LogP contribution in [0.4, 0.5) is 0 Å². The van der Waals surface area contributed by atoms with Gasteiger partial charge in [0.25, 0.3) is 0 Å². The van der Waals surface area contributed by atoms with Crippen molar-refractivity contribution in [3.8, 4) is 0 Å². The van der Waals surface area contributed by atoms with E-state index < -0.39 is 0 Å². The lowest BCUT2D eigenvalue weighted by molar-refractivity contribution is -0.143. The zero-order chi connectivity index (χ0) is 17.8. The fourth-order valence-corrected chi connectivity index (χ4v) is 2.80. The van der Waals surface area contributed by atoms with Gasteiger partial charge in [-0.15, -0.1) is 0 Å². The number of amides is 1. The molecule has 1 N–H and O–H groups in total. The highest BCUT2D eigenvalue weighted by Crippen LogP contribution is 2.23. The first kappa shape index (κ1) is 20.2. The maximum atomic E-state index is 11.1. The van der Waals surface area contributed by atoms with E-state index in [9.17, 15) is 9.59 Å². The normalized spacial score (nSPS) is 22.5. The summed E-state index contributed by atoms with van der Waals surface area (Å²) in [7, 11) is 0. The molecule has 24 heavy (non-hydrogen) atoms. The molecule has 1 aliphatic rings. The minimum atomic E-state index is -0.226. The van der Waals surface area contributed by atoms with Crippen molar-refractivity contribution in [2.24, 2.45) is 5.92 Å². The van der Waals surface area contributed by atoms with Crippen LogP contribution in [0.3, 0.4) is 0 Å². The van der Waals surface area contributed by atoms with Crippen LogP contribution < -0.4 is 5.32 Å². The molecule has 0 aromatic carbocycles. The van der Waals surface area contributed by atoms with E-state index in [1.54, 1.807) is 0 Å². The molecule has 1 fully saturated rings. The molecule has 134 valence electrons. The number of rotatable bonds is 8. The third-order valence-electron chi connectivity index (χ3n) is 3.99. The molecule has 0 radical (unpaired) electrons. The summed E-state index contributed by atoms with van der Waals surface area (Å²) in [5.74, 6) is 0.121. The van der Waals surface area contributed by atoms with E-state index in [4.69, 9.17) is 4.74 Å². The number of piperidine rings is 1. The molecule has 0 spiro atoms. The van der Waals surface area contributed by atoms with Gasteiger partial charge in [0.2, 0.25) is 5.91 Å². The van der Waals surface area contributed by atoms with Crippen LogP contribution in [-0.2, 0) is 14.3 Å². The van der Waals surface area contributed by atoms with Crippen molar-refractivity contribution >= 4 is 11.9 Å². The number of likely N-dealkylation sites (tertiary alicyclic amines) is 1. The first-order valence-corrected chi connectivity index (χ1v) is 8.61. The molecule has 0 aromatic heterocycles. The van der Waals surface area contributed by atoms with E-state index in [-0.39, 0.29) is 11.9 Å². The standard InChI is InChI=1S/C19H30N2O3/c1-4-5-6-7-8-9-19-11-10-18(15-24-17(3)23)14-21(19)13-12-20-16(2)22/h4-9,18-19H,10-15H2,1-3H3,(H,20,22)/b5-4-,7-6-,9-8+/t18-,19+/m0/s1. The van der Waals surface area contributed by atoms with Gasteiger partial charge in [0.05, 0.1) is 6.61 Å². The molecule has 1 amide bonds. The number of hydrogen-bond donors (Lipinski definition) is 1. The smallest absolute Gasteiger partial charge is 0.302 e. The molecular formula is C19H30N2O3. The number of esters is 1. The number of ether oxygens (including phenoxy) is 1. The first-order chi connectivity index (χ1) is 11.5. The maximum absolute atomic E-state index is 11.1. The van der Waals surface area contributed by atoms with Crippen LogP contribution in [0.15, 0.2) is 36.5 Å². The Morgan fingerprint density at radius 3 is 2.58 bits per heavy atom. The quantitative estimate of drug-likeness (QED) is 0.547. The monoisotopic (exact) mass is 334 g/mol. The number of hydrogen-bond acceptors (Lipinski definition) is 4. The highest BCUT2D eigenvalue weighted by molar-refractivity contribution is 5.72. The molecule has 2 atom stereocenters. The molecule has 0 saturated carbocycles. The molecule has 0 bridgehead atoms. The number of carbonyl (C=O) groups is 2. The second-order valence-electron chi connectivity index (χ2n) is 6.09. The summed E-state index contributed by atoms with van der Waals surface area (Å²) in [5, 5.41) is 2.85. The number of nitrogens with one attached hydrogen (secondary N) is 1. The molecular weight excluding hydrogens is 304 g/mol. The van der Waals surface area contributed by atoms with Crippen LogP contribution in [0.2, 0.25) is 0 Å². The van der Waals surface area contributed by atoms with E-state index in [1.807, 2.05) is 31.2 Å². The van der Waals surface area contributed by atoms with Crippen LogP contribution in [0.5, 0.6) is 0 Å². The predicted molar refractivity (Wildman–Crippen MR) is 96.5 cm³/mol. The molecule has 1 aliphatic heterocycles. The van der Waals surface area contributed by atoms with Crippen molar-refractivity contribution < 1.29 is 14.3 Å². The van der Waals surface area contributed by atoms with Crippen molar-refractivity contribution in [1.82, 2.24) is 10.2 Å². The van der Waals surface area contributed by atoms with Gasteiger partial charge in [0.15, 0.2) is 0 Å². The highest BCUT2D eigenvalue weighted by Gasteiger charge is 2.26. The molecule has 1 rings (SSSR count). The predicted octanol–water partition coefficient (Wildman–Crippen LogP) is 2.45. The van der Waals surface area contributed by atoms with Gasteiger partial charge in [-0.25, -0.2) is 0 Å². The Balaban J connectivity index is 2.59. The summed E-state index contributed by atoms with van der Waals surface area (Å²) in [6.07, 6.45) is 14.4. The first-order valence-electron chi connectivity index (χ1n) is 8.61. The summed E-state index contributed by atoms with van der Waals surface area (Å²) >= 11 is 0. The van der Waals surface area contributed by atoms with Gasteiger partial charge in [-0.3, -0.25) is 14.5 Å². The molecule has 1 heterocycles. The molecule has 0 aromatic rings. The van der Waals surface area contributed by atoms with Crippen LogP contribution in [-0.4, -0.2) is 49.1 Å². The molecule has 1 saturated heterocycles. The SMILES string of the molecule is C\C=C/C=C\C=C\[C@@H]1CC[C@H](COC(C)=O)CN1CCNC(C)=O. The minimum absolute atomic E-state index is 0.00940. The van der Waals surface area contributed by atoms with Crippen LogP contribution in [0, 0.1) is 5.92 Å². The fourth-order valence-electron chi connectivity index (χ4n) is 2.80. The zero-order valence-corrected chi connectivity index (χ0v) is 15.0. The molecule has 5 nitrogen and oxygen atoms in total. The Kier molecular flexibility index (Phi) is 9.77. The van der Waals surface area contributed by atoms with Crippen LogP contribution >= 0.6 is 0 Å². The van der Waals surface area contributed by atoms with Gasteiger partial charge < -0.3 is 10.1 Å². The van der Waals surface area contributed by atoms with Gasteiger partial charge in [0.1, 0.15) is 0 Å². The lowest BCUT2D eigenvalue weighted by atomic mass is 9.93. The Morgan fingerprint density at radius 2 is 1.92 bits per heavy atom. The van der Waals surface area contributed by atoms with Gasteiger partial charge in [-0.1, -0.05) is 36.5 Å². The zero-order valence-electron chi connectivity index (χ0n) is 15.0. The molecule has 0 aliphatic carbocycles. The Bertz CT molecular complexity index is 483. The topological polar surface area (TPSA) is 58.6 Å². The van der Waals surface area contributed by atoms with Crippen molar-refractivity contribution in [1.29, 1.82) is 0 Å². The Hall–Kier alpha value is -1.88. The summed E-state index contributed by atoms with van der Waals surface area (Å²) in [5.41, 5.74) is 0. The van der Waals surface area contributed by atoms with E-state index in [0.717, 1.165) is 25.9 Å². The van der Waals surface area contributed by atoms with Crippen molar-refractivity contribution in [2.75, 3.05) is 26.2 Å². The highest BCUT2D eigenvalue weighted by atomic mass is 16.5. The fraction of sp³-hybridized carbons (Fsp3) is 0.579. The van der Waals surface area contributed by atoms with Crippen molar-refractivity contribution in [3.63, 3.8) is 0 Å². The summed E-state index contributed by atoms with van der Waals surface area (Å²) in [6.45, 7) is 7.74. The molecule has 0 unspecified atom stereocenters. The minimum Gasteiger partial charge on any atom is -0.466 e. The average Bonchev–Trinajstić information content (AvgIpc) is 2.53. The Labute approximate surface area is 145 Å². The lowest BCUT2D eigenvalue weighted by Crippen LogP contribution is -2.46. The number of allylic oxidation sites excluding steroid dienone is 5. The van der Waals surface area contributed by atoms with Crippen LogP contribution in [0.25, 0.3) is 0 Å². The largest absolute Gasteiger partial charge is 0.466 e. The Morgan fingerprint density at radius 1 is 1.17 bits per heavy atom. The van der Waals surface area contributed by atoms with E-state index in [0.29, 0.717) is 25.1 Å². The second-order valence-corrected chi connectivity index (χ2v) is 6.09. The summed E-state index contributed by atoms with van der Waals surface area (Å²) < 4.78 is 5.16. The van der Waals surface area contributed by atoms with Gasteiger partial charge in [-0.05, 0) is 19.8 Å². The summed E-state index contributed by atoms with van der Waals surface area (Å²) in [4.78, 5) is 24.4. The second kappa shape index (κ2) is 11.6. The van der Waals surface area contributed by atoms with Crippen molar-refractivity contribution in [2.45, 2.75) is 39.7 Å². The molecule has 5 heteroatoms. The van der Waals surface area contributed by atoms with Gasteiger partial charge >= 0.3 is 5.97 Å². The number of nitrogens with zero attached hydrogens (tertiary/aromatic N) is 1. The third kappa shape index (κ3) is 8.67. The van der Waals surface area contributed by atoms with Crippen molar-refractivity contribution in [3.05, 3.63) is 36.5 Å². The van der Waals surface area contributed by atoms with E-state index in [2.05, 4.69) is 22.4 Å². The van der Waals surface area contributed by atoms with E-state index in [1.165, 1.54) is 13.8 Å². The van der Waals surface area contributed by atoms with Crippen LogP contribution in [0.1, 0.15) is 33.6 Å². The van der Waals surface area contributed by atoms with Gasteiger partial charge in [0, 0.05) is 45.4 Å². The number of carbonyl (C=O) groups excluding carboxylic acids is 2. The summed E-state index contributed by atoms with van der Waals surface area (Å²) in [6, 6.07) is 0.350. The van der Waals surface area contributed by atoms with E-state index >= 15 is 0 Å². The lowest BCUT2D eigenvalue weighted by Gasteiger charge is -2.38.